The maximum absolute atomic E-state index is 12.7. The number of nitrogens with one attached hydrogen (secondary N) is 1. The third kappa shape index (κ3) is 5.41. The number of alkyl halides is 3. The summed E-state index contributed by atoms with van der Waals surface area (Å²) in [6.07, 6.45) is -2.04. The Balaban J connectivity index is 1.53. The molecule has 1 N–H and O–H groups in total. The van der Waals surface area contributed by atoms with Crippen molar-refractivity contribution >= 4 is 35.2 Å². The van der Waals surface area contributed by atoms with E-state index in [1.54, 1.807) is 18.2 Å². The number of rotatable bonds is 5. The van der Waals surface area contributed by atoms with Crippen LogP contribution in [-0.2, 0) is 20.5 Å². The van der Waals surface area contributed by atoms with Crippen LogP contribution in [0.25, 0.3) is 6.08 Å². The second-order valence-electron chi connectivity index (χ2n) is 5.79. The van der Waals surface area contributed by atoms with Crippen LogP contribution in [-0.4, -0.2) is 25.3 Å². The Morgan fingerprint density at radius 2 is 1.90 bits per heavy atom. The second kappa shape index (κ2) is 8.44. The Hall–Kier alpha value is -3.20. The van der Waals surface area contributed by atoms with E-state index in [1.165, 1.54) is 6.08 Å². The van der Waals surface area contributed by atoms with Gasteiger partial charge < -0.3 is 19.5 Å². The number of fused-ring (bicyclic) bond motifs is 1. The highest BCUT2D eigenvalue weighted by molar-refractivity contribution is 6.33. The fourth-order valence-electron chi connectivity index (χ4n) is 2.35. The standard InChI is InChI=1S/C19H13ClF3NO5/c20-13-4-3-12(19(21,22)23)8-14(13)24-17(25)9-27-18(26)6-2-11-1-5-15-16(7-11)29-10-28-15/h1-8H,9-10H2,(H,24,25)/b6-2+. The minimum absolute atomic E-state index is 0.0830. The number of halogens is 4. The molecule has 0 aliphatic carbocycles. The first-order valence-electron chi connectivity index (χ1n) is 8.13. The van der Waals surface area contributed by atoms with Gasteiger partial charge in [-0.15, -0.1) is 0 Å². The Bertz CT molecular complexity index is 975. The molecule has 2 aromatic rings. The van der Waals surface area contributed by atoms with Gasteiger partial charge in [0.1, 0.15) is 0 Å². The largest absolute Gasteiger partial charge is 0.454 e. The number of benzene rings is 2. The molecule has 3 rings (SSSR count). The van der Waals surface area contributed by atoms with Crippen molar-refractivity contribution in [2.24, 2.45) is 0 Å². The summed E-state index contributed by atoms with van der Waals surface area (Å²) in [5.74, 6) is -0.517. The number of hydrogen-bond donors (Lipinski definition) is 1. The number of ether oxygens (including phenoxy) is 3. The molecule has 1 amide bonds. The molecule has 0 bridgehead atoms. The molecule has 1 aliphatic rings. The van der Waals surface area contributed by atoms with Crippen molar-refractivity contribution in [2.75, 3.05) is 18.7 Å². The van der Waals surface area contributed by atoms with Crippen molar-refractivity contribution in [3.63, 3.8) is 0 Å². The zero-order valence-corrected chi connectivity index (χ0v) is 15.3. The summed E-state index contributed by atoms with van der Waals surface area (Å²) in [6, 6.07) is 7.54. The molecular formula is C19H13ClF3NO5. The molecule has 1 aliphatic heterocycles. The molecule has 152 valence electrons. The predicted molar refractivity (Wildman–Crippen MR) is 97.6 cm³/mol. The molecule has 0 aromatic heterocycles. The van der Waals surface area contributed by atoms with E-state index in [9.17, 15) is 22.8 Å². The molecule has 0 radical (unpaired) electrons. The van der Waals surface area contributed by atoms with Crippen LogP contribution in [0, 0.1) is 0 Å². The molecule has 6 nitrogen and oxygen atoms in total. The Morgan fingerprint density at radius 1 is 1.14 bits per heavy atom. The molecule has 0 saturated carbocycles. The summed E-state index contributed by atoms with van der Waals surface area (Å²) < 4.78 is 53.4. The number of carbonyl (C=O) groups is 2. The quantitative estimate of drug-likeness (QED) is 0.569. The fraction of sp³-hybridized carbons (Fsp3) is 0.158. The molecule has 0 saturated heterocycles. The van der Waals surface area contributed by atoms with Gasteiger partial charge in [-0.05, 0) is 42.0 Å². The smallest absolute Gasteiger partial charge is 0.416 e. The van der Waals surface area contributed by atoms with Crippen molar-refractivity contribution in [3.8, 4) is 11.5 Å². The fourth-order valence-corrected chi connectivity index (χ4v) is 2.51. The Labute approximate surface area is 167 Å². The molecular weight excluding hydrogens is 415 g/mol. The van der Waals surface area contributed by atoms with Gasteiger partial charge in [0.2, 0.25) is 6.79 Å². The SMILES string of the molecule is O=C(COC(=O)/C=C/c1ccc2c(c1)OCO2)Nc1cc(C(F)(F)F)ccc1Cl. The summed E-state index contributed by atoms with van der Waals surface area (Å²) in [4.78, 5) is 23.6. The lowest BCUT2D eigenvalue weighted by molar-refractivity contribution is -0.142. The lowest BCUT2D eigenvalue weighted by Gasteiger charge is -2.11. The van der Waals surface area contributed by atoms with E-state index < -0.39 is 30.2 Å². The van der Waals surface area contributed by atoms with Crippen molar-refractivity contribution in [2.45, 2.75) is 6.18 Å². The van der Waals surface area contributed by atoms with E-state index in [-0.39, 0.29) is 17.5 Å². The molecule has 1 heterocycles. The molecule has 10 heteroatoms. The van der Waals surface area contributed by atoms with Crippen LogP contribution in [0.1, 0.15) is 11.1 Å². The summed E-state index contributed by atoms with van der Waals surface area (Å²) in [5, 5.41) is 2.09. The van der Waals surface area contributed by atoms with Crippen LogP contribution in [0.2, 0.25) is 5.02 Å². The first-order valence-corrected chi connectivity index (χ1v) is 8.51. The van der Waals surface area contributed by atoms with Crippen LogP contribution < -0.4 is 14.8 Å². The zero-order chi connectivity index (χ0) is 21.0. The molecule has 0 spiro atoms. The third-order valence-electron chi connectivity index (χ3n) is 3.72. The monoisotopic (exact) mass is 427 g/mol. The first kappa shape index (κ1) is 20.5. The van der Waals surface area contributed by atoms with E-state index in [0.29, 0.717) is 23.1 Å². The van der Waals surface area contributed by atoms with Gasteiger partial charge in [-0.3, -0.25) is 4.79 Å². The number of anilines is 1. The molecule has 0 unspecified atom stereocenters. The maximum atomic E-state index is 12.7. The highest BCUT2D eigenvalue weighted by Crippen LogP contribution is 2.34. The van der Waals surface area contributed by atoms with Gasteiger partial charge in [0.25, 0.3) is 5.91 Å². The lowest BCUT2D eigenvalue weighted by atomic mass is 10.2. The van der Waals surface area contributed by atoms with E-state index in [2.05, 4.69) is 5.32 Å². The van der Waals surface area contributed by atoms with E-state index in [1.807, 2.05) is 0 Å². The summed E-state index contributed by atoms with van der Waals surface area (Å²) in [7, 11) is 0. The number of esters is 1. The van der Waals surface area contributed by atoms with Crippen LogP contribution in [0.15, 0.2) is 42.5 Å². The Kier molecular flexibility index (Phi) is 5.97. The minimum atomic E-state index is -4.59. The molecule has 29 heavy (non-hydrogen) atoms. The minimum Gasteiger partial charge on any atom is -0.454 e. The average molecular weight is 428 g/mol. The topological polar surface area (TPSA) is 73.9 Å². The number of amides is 1. The van der Waals surface area contributed by atoms with Crippen molar-refractivity contribution in [1.29, 1.82) is 0 Å². The number of hydrogen-bond acceptors (Lipinski definition) is 5. The van der Waals surface area contributed by atoms with Crippen molar-refractivity contribution < 1.29 is 37.0 Å². The first-order chi connectivity index (χ1) is 13.7. The summed E-state index contributed by atoms with van der Waals surface area (Å²) in [5.41, 5.74) is -0.564. The van der Waals surface area contributed by atoms with Gasteiger partial charge >= 0.3 is 12.1 Å². The van der Waals surface area contributed by atoms with E-state index >= 15 is 0 Å². The van der Waals surface area contributed by atoms with Gasteiger partial charge in [0.05, 0.1) is 16.3 Å². The lowest BCUT2D eigenvalue weighted by Crippen LogP contribution is -2.20. The van der Waals surface area contributed by atoms with Gasteiger partial charge in [-0.25, -0.2) is 4.79 Å². The zero-order valence-electron chi connectivity index (χ0n) is 14.6. The average Bonchev–Trinajstić information content (AvgIpc) is 3.13. The summed E-state index contributed by atoms with van der Waals surface area (Å²) >= 11 is 5.79. The molecule has 0 atom stereocenters. The third-order valence-corrected chi connectivity index (χ3v) is 4.05. The van der Waals surface area contributed by atoms with Gasteiger partial charge in [0, 0.05) is 6.08 Å². The highest BCUT2D eigenvalue weighted by atomic mass is 35.5. The van der Waals surface area contributed by atoms with E-state index in [4.69, 9.17) is 25.8 Å². The van der Waals surface area contributed by atoms with Crippen LogP contribution in [0.4, 0.5) is 18.9 Å². The number of carbonyl (C=O) groups excluding carboxylic acids is 2. The van der Waals surface area contributed by atoms with Crippen molar-refractivity contribution in [3.05, 3.63) is 58.6 Å². The van der Waals surface area contributed by atoms with Crippen molar-refractivity contribution in [1.82, 2.24) is 0 Å². The highest BCUT2D eigenvalue weighted by Gasteiger charge is 2.31. The van der Waals surface area contributed by atoms with Gasteiger partial charge in [-0.1, -0.05) is 17.7 Å². The summed E-state index contributed by atoms with van der Waals surface area (Å²) in [6.45, 7) is -0.577. The molecule has 0 fully saturated rings. The van der Waals surface area contributed by atoms with Crippen LogP contribution in [0.5, 0.6) is 11.5 Å². The predicted octanol–water partition coefficient (Wildman–Crippen LogP) is 4.28. The maximum Gasteiger partial charge on any atom is 0.416 e. The van der Waals surface area contributed by atoms with E-state index in [0.717, 1.165) is 18.2 Å². The second-order valence-corrected chi connectivity index (χ2v) is 6.20. The van der Waals surface area contributed by atoms with Crippen LogP contribution in [0.3, 0.4) is 0 Å². The van der Waals surface area contributed by atoms with Crippen LogP contribution >= 0.6 is 11.6 Å². The molecule has 2 aromatic carbocycles. The normalized spacial score (nSPS) is 12.8. The van der Waals surface area contributed by atoms with Gasteiger partial charge in [0.15, 0.2) is 18.1 Å². The van der Waals surface area contributed by atoms with Gasteiger partial charge in [-0.2, -0.15) is 13.2 Å². The Morgan fingerprint density at radius 3 is 2.66 bits per heavy atom.